The lowest BCUT2D eigenvalue weighted by Crippen LogP contribution is -2.14. The fourth-order valence-corrected chi connectivity index (χ4v) is 2.08. The molecule has 1 aromatic carbocycles. The number of nitro benzene ring substituents is 1. The second kappa shape index (κ2) is 7.24. The van der Waals surface area contributed by atoms with Crippen LogP contribution < -0.4 is 5.32 Å². The summed E-state index contributed by atoms with van der Waals surface area (Å²) in [7, 11) is 0. The monoisotopic (exact) mass is 240 g/mol. The summed E-state index contributed by atoms with van der Waals surface area (Å²) >= 11 is 1.73. The average molecular weight is 240 g/mol. The third kappa shape index (κ3) is 4.63. The zero-order valence-electron chi connectivity index (χ0n) is 9.31. The Morgan fingerprint density at radius 3 is 2.62 bits per heavy atom. The van der Waals surface area contributed by atoms with E-state index in [2.05, 4.69) is 12.2 Å². The average Bonchev–Trinajstić information content (AvgIpc) is 2.29. The van der Waals surface area contributed by atoms with Crippen LogP contribution in [0.4, 0.5) is 5.69 Å². The molecule has 0 aliphatic rings. The smallest absolute Gasteiger partial charge is 0.269 e. The van der Waals surface area contributed by atoms with Crippen LogP contribution in [0.25, 0.3) is 0 Å². The molecule has 1 rings (SSSR count). The molecule has 1 aromatic rings. The highest BCUT2D eigenvalue weighted by Gasteiger charge is 2.03. The minimum Gasteiger partial charge on any atom is -0.317 e. The molecule has 0 bridgehead atoms. The first kappa shape index (κ1) is 13.0. The molecule has 0 saturated carbocycles. The van der Waals surface area contributed by atoms with Crippen molar-refractivity contribution in [3.63, 3.8) is 0 Å². The van der Waals surface area contributed by atoms with Crippen molar-refractivity contribution in [2.45, 2.75) is 18.2 Å². The Bertz CT molecular complexity index is 327. The van der Waals surface area contributed by atoms with Crippen molar-refractivity contribution in [2.24, 2.45) is 0 Å². The summed E-state index contributed by atoms with van der Waals surface area (Å²) in [6.07, 6.45) is 1.11. The van der Waals surface area contributed by atoms with Gasteiger partial charge in [0, 0.05) is 17.0 Å². The van der Waals surface area contributed by atoms with Crippen LogP contribution in [0, 0.1) is 10.1 Å². The van der Waals surface area contributed by atoms with E-state index in [1.54, 1.807) is 36.0 Å². The topological polar surface area (TPSA) is 55.2 Å². The highest BCUT2D eigenvalue weighted by molar-refractivity contribution is 7.99. The van der Waals surface area contributed by atoms with Crippen LogP contribution in [-0.2, 0) is 0 Å². The number of rotatable bonds is 7. The van der Waals surface area contributed by atoms with Gasteiger partial charge in [-0.15, -0.1) is 11.8 Å². The van der Waals surface area contributed by atoms with Gasteiger partial charge < -0.3 is 5.32 Å². The van der Waals surface area contributed by atoms with E-state index in [1.807, 2.05) is 0 Å². The third-order valence-corrected chi connectivity index (χ3v) is 3.16. The maximum atomic E-state index is 10.4. The van der Waals surface area contributed by atoms with Gasteiger partial charge in [0.2, 0.25) is 0 Å². The summed E-state index contributed by atoms with van der Waals surface area (Å²) < 4.78 is 0. The quantitative estimate of drug-likeness (QED) is 0.344. The van der Waals surface area contributed by atoms with Crippen LogP contribution in [0.2, 0.25) is 0 Å². The van der Waals surface area contributed by atoms with Crippen LogP contribution in [0.1, 0.15) is 13.3 Å². The summed E-state index contributed by atoms with van der Waals surface area (Å²) in [5.74, 6) is 1.03. The second-order valence-corrected chi connectivity index (χ2v) is 4.47. The molecular weight excluding hydrogens is 224 g/mol. The van der Waals surface area contributed by atoms with Gasteiger partial charge in [-0.25, -0.2) is 0 Å². The highest BCUT2D eigenvalue weighted by atomic mass is 32.2. The van der Waals surface area contributed by atoms with Gasteiger partial charge in [-0.3, -0.25) is 10.1 Å². The van der Waals surface area contributed by atoms with Crippen LogP contribution in [0.5, 0.6) is 0 Å². The Balaban J connectivity index is 2.29. The molecule has 1 N–H and O–H groups in total. The maximum absolute atomic E-state index is 10.4. The molecule has 0 heterocycles. The van der Waals surface area contributed by atoms with Crippen LogP contribution >= 0.6 is 11.8 Å². The number of non-ortho nitro benzene ring substituents is 1. The van der Waals surface area contributed by atoms with Crippen molar-refractivity contribution >= 4 is 17.4 Å². The van der Waals surface area contributed by atoms with E-state index in [9.17, 15) is 10.1 Å². The zero-order chi connectivity index (χ0) is 11.8. The number of nitrogens with zero attached hydrogens (tertiary/aromatic N) is 1. The fraction of sp³-hybridized carbons (Fsp3) is 0.455. The number of hydrogen-bond donors (Lipinski definition) is 1. The van der Waals surface area contributed by atoms with Crippen molar-refractivity contribution in [2.75, 3.05) is 18.8 Å². The molecule has 0 saturated heterocycles. The molecule has 0 unspecified atom stereocenters. The van der Waals surface area contributed by atoms with E-state index in [-0.39, 0.29) is 10.6 Å². The SMILES string of the molecule is CCNCCCSc1ccc([N+](=O)[O-])cc1. The van der Waals surface area contributed by atoms with Gasteiger partial charge in [-0.1, -0.05) is 6.92 Å². The molecule has 16 heavy (non-hydrogen) atoms. The molecule has 4 nitrogen and oxygen atoms in total. The zero-order valence-corrected chi connectivity index (χ0v) is 10.1. The van der Waals surface area contributed by atoms with Crippen LogP contribution in [-0.4, -0.2) is 23.8 Å². The lowest BCUT2D eigenvalue weighted by atomic mass is 10.3. The summed E-state index contributed by atoms with van der Waals surface area (Å²) in [6, 6.07) is 6.70. The molecule has 0 radical (unpaired) electrons. The van der Waals surface area contributed by atoms with Crippen LogP contribution in [0.3, 0.4) is 0 Å². The van der Waals surface area contributed by atoms with Gasteiger partial charge in [-0.05, 0) is 37.4 Å². The molecule has 0 atom stereocenters. The molecule has 0 aliphatic heterocycles. The number of nitrogens with one attached hydrogen (secondary N) is 1. The summed E-state index contributed by atoms with van der Waals surface area (Å²) in [5, 5.41) is 13.7. The predicted octanol–water partition coefficient (Wildman–Crippen LogP) is 2.69. The Morgan fingerprint density at radius 2 is 2.06 bits per heavy atom. The number of thioether (sulfide) groups is 1. The van der Waals surface area contributed by atoms with Crippen molar-refractivity contribution in [1.82, 2.24) is 5.32 Å². The number of nitro groups is 1. The first-order valence-corrected chi connectivity index (χ1v) is 6.30. The Labute approximate surface area is 99.6 Å². The van der Waals surface area contributed by atoms with Crippen molar-refractivity contribution in [3.05, 3.63) is 34.4 Å². The van der Waals surface area contributed by atoms with Gasteiger partial charge in [0.25, 0.3) is 5.69 Å². The molecule has 0 amide bonds. The van der Waals surface area contributed by atoms with Gasteiger partial charge in [-0.2, -0.15) is 0 Å². The van der Waals surface area contributed by atoms with Crippen molar-refractivity contribution in [1.29, 1.82) is 0 Å². The van der Waals surface area contributed by atoms with E-state index in [4.69, 9.17) is 0 Å². The Morgan fingerprint density at radius 1 is 1.38 bits per heavy atom. The summed E-state index contributed by atoms with van der Waals surface area (Å²) in [6.45, 7) is 4.11. The van der Waals surface area contributed by atoms with E-state index in [0.717, 1.165) is 30.2 Å². The normalized spacial score (nSPS) is 10.3. The lowest BCUT2D eigenvalue weighted by Gasteiger charge is -2.02. The third-order valence-electron chi connectivity index (χ3n) is 2.06. The molecule has 5 heteroatoms. The van der Waals surface area contributed by atoms with E-state index in [0.29, 0.717) is 0 Å². The van der Waals surface area contributed by atoms with Gasteiger partial charge in [0.1, 0.15) is 0 Å². The minimum absolute atomic E-state index is 0.150. The second-order valence-electron chi connectivity index (χ2n) is 3.31. The standard InChI is InChI=1S/C11H16N2O2S/c1-2-12-8-3-9-16-11-6-4-10(5-7-11)13(14)15/h4-7,12H,2-3,8-9H2,1H3. The number of hydrogen-bond acceptors (Lipinski definition) is 4. The molecule has 0 aliphatic carbocycles. The van der Waals surface area contributed by atoms with E-state index < -0.39 is 0 Å². The Kier molecular flexibility index (Phi) is 5.88. The van der Waals surface area contributed by atoms with Crippen molar-refractivity contribution in [3.8, 4) is 0 Å². The van der Waals surface area contributed by atoms with Gasteiger partial charge in [0.05, 0.1) is 4.92 Å². The largest absolute Gasteiger partial charge is 0.317 e. The molecule has 0 spiro atoms. The minimum atomic E-state index is -0.375. The molecule has 0 aromatic heterocycles. The van der Waals surface area contributed by atoms with E-state index in [1.165, 1.54) is 0 Å². The molecule has 88 valence electrons. The number of benzene rings is 1. The summed E-state index contributed by atoms with van der Waals surface area (Å²) in [5.41, 5.74) is 0.150. The highest BCUT2D eigenvalue weighted by Crippen LogP contribution is 2.21. The first-order valence-electron chi connectivity index (χ1n) is 5.32. The molecular formula is C11H16N2O2S. The van der Waals surface area contributed by atoms with Gasteiger partial charge >= 0.3 is 0 Å². The lowest BCUT2D eigenvalue weighted by molar-refractivity contribution is -0.384. The molecule has 0 fully saturated rings. The van der Waals surface area contributed by atoms with E-state index >= 15 is 0 Å². The first-order chi connectivity index (χ1) is 7.74. The maximum Gasteiger partial charge on any atom is 0.269 e. The van der Waals surface area contributed by atoms with Crippen molar-refractivity contribution < 1.29 is 4.92 Å². The Hall–Kier alpha value is -1.07. The summed E-state index contributed by atoms with van der Waals surface area (Å²) in [4.78, 5) is 11.1. The van der Waals surface area contributed by atoms with Crippen LogP contribution in [0.15, 0.2) is 29.2 Å². The van der Waals surface area contributed by atoms with Gasteiger partial charge in [0.15, 0.2) is 0 Å². The fourth-order valence-electron chi connectivity index (χ4n) is 1.23. The predicted molar refractivity (Wildman–Crippen MR) is 67.0 cm³/mol.